The average Bonchev–Trinajstić information content (AvgIpc) is 3.13. The molecule has 5 nitrogen and oxygen atoms in total. The number of thioether (sulfide) groups is 1. The summed E-state index contributed by atoms with van der Waals surface area (Å²) in [5.74, 6) is 1.49. The molecule has 3 aromatic carbocycles. The molecule has 0 radical (unpaired) electrons. The van der Waals surface area contributed by atoms with E-state index < -0.39 is 6.23 Å². The molecule has 1 N–H and O–H groups in total. The van der Waals surface area contributed by atoms with Crippen molar-refractivity contribution in [3.05, 3.63) is 94.9 Å². The minimum atomic E-state index is -0.810. The van der Waals surface area contributed by atoms with Gasteiger partial charge in [-0.3, -0.25) is 9.89 Å². The molecule has 0 bridgehead atoms. The average molecular weight is 431 g/mol. The molecule has 1 atom stereocenters. The quantitative estimate of drug-likeness (QED) is 0.636. The zero-order valence-corrected chi connectivity index (χ0v) is 17.7. The molecule has 2 heterocycles. The topological polar surface area (TPSA) is 54.3 Å². The van der Waals surface area contributed by atoms with Crippen LogP contribution in [0.3, 0.4) is 0 Å². The van der Waals surface area contributed by atoms with Gasteiger partial charge in [0, 0.05) is 10.6 Å². The molecule has 31 heavy (non-hydrogen) atoms. The Hall–Kier alpha value is -3.22. The van der Waals surface area contributed by atoms with Gasteiger partial charge in [0.2, 0.25) is 0 Å². The highest BCUT2D eigenvalue weighted by atomic mass is 32.2. The Morgan fingerprint density at radius 3 is 2.42 bits per heavy atom. The molecule has 156 valence electrons. The fraction of sp³-hybridized carbons (Fsp3) is 0.160. The molecule has 0 aliphatic carbocycles. The second kappa shape index (κ2) is 8.88. The summed E-state index contributed by atoms with van der Waals surface area (Å²) in [4.78, 5) is 7.51. The predicted octanol–water partition coefficient (Wildman–Crippen LogP) is 4.93. The lowest BCUT2D eigenvalue weighted by molar-refractivity contribution is 0.171. The van der Waals surface area contributed by atoms with Crippen LogP contribution in [0.2, 0.25) is 0 Å². The molecule has 6 heteroatoms. The van der Waals surface area contributed by atoms with Crippen molar-refractivity contribution < 1.29 is 14.6 Å². The molecule has 5 rings (SSSR count). The Balaban J connectivity index is 1.47. The van der Waals surface area contributed by atoms with E-state index in [-0.39, 0.29) is 0 Å². The van der Waals surface area contributed by atoms with Crippen molar-refractivity contribution in [1.82, 2.24) is 0 Å². The number of ether oxygens (including phenoxy) is 2. The van der Waals surface area contributed by atoms with Gasteiger partial charge < -0.3 is 14.6 Å². The number of benzene rings is 3. The second-order valence-corrected chi connectivity index (χ2v) is 8.26. The van der Waals surface area contributed by atoms with Crippen LogP contribution in [0.5, 0.6) is 11.5 Å². The van der Waals surface area contributed by atoms with Crippen LogP contribution >= 0.6 is 11.8 Å². The lowest BCUT2D eigenvalue weighted by Crippen LogP contribution is -2.33. The van der Waals surface area contributed by atoms with Crippen LogP contribution in [-0.2, 0) is 6.54 Å². The van der Waals surface area contributed by atoms with Crippen LogP contribution in [-0.4, -0.2) is 29.7 Å². The summed E-state index contributed by atoms with van der Waals surface area (Å²) in [5.41, 5.74) is 2.98. The van der Waals surface area contributed by atoms with E-state index in [0.29, 0.717) is 19.8 Å². The van der Waals surface area contributed by atoms with Gasteiger partial charge in [-0.2, -0.15) is 0 Å². The molecule has 2 aliphatic rings. The lowest BCUT2D eigenvalue weighted by atomic mass is 10.1. The van der Waals surface area contributed by atoms with Gasteiger partial charge in [0.1, 0.15) is 13.2 Å². The minimum absolute atomic E-state index is 0.544. The molecule has 1 unspecified atom stereocenters. The number of aliphatic hydroxyl groups excluding tert-OH is 1. The maximum atomic E-state index is 11.2. The van der Waals surface area contributed by atoms with Crippen LogP contribution < -0.4 is 14.4 Å². The van der Waals surface area contributed by atoms with E-state index in [0.717, 1.165) is 38.4 Å². The highest BCUT2D eigenvalue weighted by Crippen LogP contribution is 2.40. The number of aliphatic imine (C=N–C) groups is 1. The number of fused-ring (bicyclic) bond motifs is 1. The minimum Gasteiger partial charge on any atom is -0.486 e. The fourth-order valence-electron chi connectivity index (χ4n) is 3.55. The molecule has 0 aromatic heterocycles. The number of nitrogens with zero attached hydrogens (tertiary/aromatic N) is 2. The maximum absolute atomic E-state index is 11.2. The number of para-hydroxylation sites is 1. The van der Waals surface area contributed by atoms with Crippen LogP contribution in [0.4, 0.5) is 5.69 Å². The van der Waals surface area contributed by atoms with E-state index in [1.165, 1.54) is 11.8 Å². The summed E-state index contributed by atoms with van der Waals surface area (Å²) in [6, 6.07) is 25.8. The third-order valence-electron chi connectivity index (χ3n) is 5.06. The first-order valence-corrected chi connectivity index (χ1v) is 11.0. The molecule has 2 aliphatic heterocycles. The maximum Gasteiger partial charge on any atom is 0.171 e. The summed E-state index contributed by atoms with van der Waals surface area (Å²) in [5, 5.41) is 11.9. The molecule has 0 spiro atoms. The Labute approximate surface area is 185 Å². The highest BCUT2D eigenvalue weighted by molar-refractivity contribution is 8.18. The number of hydrogen-bond acceptors (Lipinski definition) is 5. The summed E-state index contributed by atoms with van der Waals surface area (Å²) in [6.07, 6.45) is 1.17. The third-order valence-corrected chi connectivity index (χ3v) is 6.14. The van der Waals surface area contributed by atoms with Gasteiger partial charge in [0.25, 0.3) is 0 Å². The number of aliphatic hydroxyl groups is 1. The van der Waals surface area contributed by atoms with Crippen molar-refractivity contribution in [2.75, 3.05) is 18.1 Å². The van der Waals surface area contributed by atoms with Crippen LogP contribution in [0, 0.1) is 0 Å². The number of rotatable bonds is 4. The fourth-order valence-corrected chi connectivity index (χ4v) is 4.60. The summed E-state index contributed by atoms with van der Waals surface area (Å²) in [6.45, 7) is 1.66. The monoisotopic (exact) mass is 430 g/mol. The molecule has 0 saturated carbocycles. The van der Waals surface area contributed by atoms with Gasteiger partial charge in [-0.05, 0) is 41.5 Å². The van der Waals surface area contributed by atoms with Crippen LogP contribution in [0.1, 0.15) is 11.1 Å². The van der Waals surface area contributed by atoms with E-state index in [1.54, 1.807) is 0 Å². The van der Waals surface area contributed by atoms with Crippen molar-refractivity contribution >= 4 is 28.7 Å². The van der Waals surface area contributed by atoms with Crippen molar-refractivity contribution in [3.8, 4) is 11.5 Å². The first-order chi connectivity index (χ1) is 15.3. The van der Waals surface area contributed by atoms with E-state index in [1.807, 2.05) is 77.7 Å². The molecule has 1 saturated heterocycles. The smallest absolute Gasteiger partial charge is 0.171 e. The third kappa shape index (κ3) is 4.31. The van der Waals surface area contributed by atoms with Crippen LogP contribution in [0.15, 0.2) is 88.8 Å². The van der Waals surface area contributed by atoms with E-state index in [9.17, 15) is 5.11 Å². The molecule has 0 amide bonds. The standard InChI is InChI=1S/C25H22N2O3S/c28-24-23(16-19-11-12-21-22(15-19)30-14-13-29-21)31-25(26-17-18-7-3-1-4-8-18)27(24)20-9-5-2-6-10-20/h1-12,15-16,24,28H,13-14,17H2. The van der Waals surface area contributed by atoms with Gasteiger partial charge in [-0.25, -0.2) is 0 Å². The first-order valence-electron chi connectivity index (χ1n) is 10.2. The molecule has 1 fully saturated rings. The Morgan fingerprint density at radius 1 is 0.935 bits per heavy atom. The highest BCUT2D eigenvalue weighted by Gasteiger charge is 2.34. The van der Waals surface area contributed by atoms with E-state index >= 15 is 0 Å². The normalized spacial score (nSPS) is 20.4. The van der Waals surface area contributed by atoms with Gasteiger partial charge >= 0.3 is 0 Å². The largest absolute Gasteiger partial charge is 0.486 e. The summed E-state index contributed by atoms with van der Waals surface area (Å²) < 4.78 is 11.3. The second-order valence-electron chi connectivity index (χ2n) is 7.22. The predicted molar refractivity (Wildman–Crippen MR) is 126 cm³/mol. The Bertz CT molecular complexity index is 1120. The van der Waals surface area contributed by atoms with Crippen molar-refractivity contribution in [2.45, 2.75) is 12.8 Å². The zero-order valence-electron chi connectivity index (χ0n) is 16.8. The van der Waals surface area contributed by atoms with Gasteiger partial charge in [0.05, 0.1) is 6.54 Å². The number of anilines is 1. The van der Waals surface area contributed by atoms with Gasteiger partial charge in [-0.15, -0.1) is 0 Å². The van der Waals surface area contributed by atoms with Crippen molar-refractivity contribution in [2.24, 2.45) is 4.99 Å². The summed E-state index contributed by atoms with van der Waals surface area (Å²) >= 11 is 1.49. The molecular formula is C25H22N2O3S. The van der Waals surface area contributed by atoms with Crippen molar-refractivity contribution in [1.29, 1.82) is 0 Å². The van der Waals surface area contributed by atoms with Crippen LogP contribution in [0.25, 0.3) is 6.08 Å². The van der Waals surface area contributed by atoms with Gasteiger partial charge in [-0.1, -0.05) is 66.4 Å². The first kappa shape index (κ1) is 19.7. The molecular weight excluding hydrogens is 408 g/mol. The Kier molecular flexibility index (Phi) is 5.65. The van der Waals surface area contributed by atoms with Gasteiger partial charge in [0.15, 0.2) is 22.9 Å². The zero-order chi connectivity index (χ0) is 21.0. The van der Waals surface area contributed by atoms with E-state index in [2.05, 4.69) is 12.1 Å². The Morgan fingerprint density at radius 2 is 1.65 bits per heavy atom. The summed E-state index contributed by atoms with van der Waals surface area (Å²) in [7, 11) is 0. The van der Waals surface area contributed by atoms with Crippen molar-refractivity contribution in [3.63, 3.8) is 0 Å². The van der Waals surface area contributed by atoms with E-state index in [4.69, 9.17) is 14.5 Å². The lowest BCUT2D eigenvalue weighted by Gasteiger charge is -2.22. The number of hydrogen-bond donors (Lipinski definition) is 1. The number of amidine groups is 1. The molecule has 3 aromatic rings. The SMILES string of the molecule is OC1C(=Cc2ccc3c(c2)OCCO3)SC(=NCc2ccccc2)N1c1ccccc1.